The fourth-order valence-corrected chi connectivity index (χ4v) is 6.90. The summed E-state index contributed by atoms with van der Waals surface area (Å²) in [5, 5.41) is 7.32. The summed E-state index contributed by atoms with van der Waals surface area (Å²) in [4.78, 5) is 23.7. The summed E-state index contributed by atoms with van der Waals surface area (Å²) < 4.78 is 38.7. The fraction of sp³-hybridized carbons (Fsp3) is 0.480. The SMILES string of the molecule is Cc1nc(N2CC3(CCC(NCc4ccc5c(c4)NC(=O)C5)C3)C2)c2cc(CC(F)(F)F)sc2n1. The molecule has 2 N–H and O–H groups in total. The first-order valence-corrected chi connectivity index (χ1v) is 12.7. The monoisotopic (exact) mass is 501 g/mol. The zero-order valence-electron chi connectivity index (χ0n) is 19.3. The third kappa shape index (κ3) is 4.49. The van der Waals surface area contributed by atoms with Gasteiger partial charge in [-0.2, -0.15) is 13.2 Å². The number of nitrogens with one attached hydrogen (secondary N) is 2. The number of thiophene rings is 1. The molecule has 6 rings (SSSR count). The maximum Gasteiger partial charge on any atom is 0.393 e. The fourth-order valence-electron chi connectivity index (χ4n) is 5.80. The Labute approximate surface area is 204 Å². The van der Waals surface area contributed by atoms with Gasteiger partial charge in [-0.1, -0.05) is 12.1 Å². The van der Waals surface area contributed by atoms with Crippen molar-refractivity contribution < 1.29 is 18.0 Å². The maximum absolute atomic E-state index is 12.9. The summed E-state index contributed by atoms with van der Waals surface area (Å²) in [6, 6.07) is 8.20. The van der Waals surface area contributed by atoms with Crippen LogP contribution in [0.2, 0.25) is 0 Å². The Hall–Kier alpha value is -2.72. The van der Waals surface area contributed by atoms with E-state index >= 15 is 0 Å². The second kappa shape index (κ2) is 8.16. The number of fused-ring (bicyclic) bond motifs is 2. The van der Waals surface area contributed by atoms with E-state index in [1.165, 1.54) is 0 Å². The number of anilines is 2. The van der Waals surface area contributed by atoms with Crippen LogP contribution in [-0.2, 0) is 24.2 Å². The van der Waals surface area contributed by atoms with E-state index in [0.717, 1.165) is 78.3 Å². The molecule has 2 aliphatic heterocycles. The molecule has 1 amide bonds. The van der Waals surface area contributed by atoms with Crippen LogP contribution in [0.1, 0.15) is 41.1 Å². The van der Waals surface area contributed by atoms with Crippen LogP contribution in [0.15, 0.2) is 24.3 Å². The molecule has 1 spiro atoms. The quantitative estimate of drug-likeness (QED) is 0.528. The summed E-state index contributed by atoms with van der Waals surface area (Å²) >= 11 is 1.11. The van der Waals surface area contributed by atoms with Gasteiger partial charge in [-0.25, -0.2) is 9.97 Å². The Bertz CT molecular complexity index is 1310. The lowest BCUT2D eigenvalue weighted by Crippen LogP contribution is -2.56. The first-order valence-electron chi connectivity index (χ1n) is 11.9. The number of carbonyl (C=O) groups is 1. The van der Waals surface area contributed by atoms with E-state index in [-0.39, 0.29) is 16.2 Å². The van der Waals surface area contributed by atoms with E-state index in [4.69, 9.17) is 0 Å². The predicted molar refractivity (Wildman–Crippen MR) is 130 cm³/mol. The van der Waals surface area contributed by atoms with Gasteiger partial charge < -0.3 is 15.5 Å². The van der Waals surface area contributed by atoms with Gasteiger partial charge in [0.1, 0.15) is 16.5 Å². The first kappa shape index (κ1) is 22.7. The van der Waals surface area contributed by atoms with E-state index in [1.807, 2.05) is 6.07 Å². The lowest BCUT2D eigenvalue weighted by molar-refractivity contribution is -0.126. The van der Waals surface area contributed by atoms with Crippen molar-refractivity contribution in [1.82, 2.24) is 15.3 Å². The van der Waals surface area contributed by atoms with Crippen molar-refractivity contribution in [1.29, 1.82) is 0 Å². The first-order chi connectivity index (χ1) is 16.6. The smallest absolute Gasteiger partial charge is 0.355 e. The predicted octanol–water partition coefficient (Wildman–Crippen LogP) is 4.75. The normalized spacial score (nSPS) is 21.0. The van der Waals surface area contributed by atoms with Crippen molar-refractivity contribution in [2.75, 3.05) is 23.3 Å². The molecule has 1 saturated heterocycles. The molecule has 1 aliphatic carbocycles. The van der Waals surface area contributed by atoms with Crippen LogP contribution in [0.25, 0.3) is 10.2 Å². The lowest BCUT2D eigenvalue weighted by Gasteiger charge is -2.49. The second-order valence-corrected chi connectivity index (χ2v) is 11.3. The Morgan fingerprint density at radius 2 is 2.09 bits per heavy atom. The number of aromatic nitrogens is 2. The molecule has 10 heteroatoms. The number of alkyl halides is 3. The summed E-state index contributed by atoms with van der Waals surface area (Å²) in [6.45, 7) is 4.29. The van der Waals surface area contributed by atoms with Gasteiger partial charge in [0.2, 0.25) is 5.91 Å². The zero-order chi connectivity index (χ0) is 24.4. The Kier molecular flexibility index (Phi) is 5.30. The van der Waals surface area contributed by atoms with Crippen molar-refractivity contribution in [3.63, 3.8) is 0 Å². The van der Waals surface area contributed by atoms with Gasteiger partial charge in [0, 0.05) is 41.7 Å². The summed E-state index contributed by atoms with van der Waals surface area (Å²) in [7, 11) is 0. The number of halogens is 3. The van der Waals surface area contributed by atoms with Crippen molar-refractivity contribution in [3.05, 3.63) is 46.1 Å². The van der Waals surface area contributed by atoms with Crippen molar-refractivity contribution >= 4 is 39.0 Å². The number of aryl methyl sites for hydroxylation is 1. The molecule has 0 radical (unpaired) electrons. The molecule has 1 saturated carbocycles. The van der Waals surface area contributed by atoms with Crippen LogP contribution in [0.4, 0.5) is 24.7 Å². The van der Waals surface area contributed by atoms with Gasteiger partial charge in [0.25, 0.3) is 0 Å². The molecule has 2 aromatic heterocycles. The number of rotatable bonds is 5. The van der Waals surface area contributed by atoms with E-state index in [0.29, 0.717) is 23.1 Å². The number of nitrogens with zero attached hydrogens (tertiary/aromatic N) is 3. The number of hydrogen-bond donors (Lipinski definition) is 2. The number of benzene rings is 1. The average Bonchev–Trinajstić information content (AvgIpc) is 3.44. The van der Waals surface area contributed by atoms with Crippen LogP contribution in [0.3, 0.4) is 0 Å². The lowest BCUT2D eigenvalue weighted by atomic mass is 9.78. The van der Waals surface area contributed by atoms with E-state index in [9.17, 15) is 18.0 Å². The maximum atomic E-state index is 12.9. The second-order valence-electron chi connectivity index (χ2n) is 10.2. The van der Waals surface area contributed by atoms with Crippen molar-refractivity contribution in [2.45, 2.75) is 57.8 Å². The van der Waals surface area contributed by atoms with Gasteiger partial charge in [0.05, 0.1) is 18.2 Å². The molecule has 4 heterocycles. The van der Waals surface area contributed by atoms with Crippen molar-refractivity contribution in [3.8, 4) is 0 Å². The largest absolute Gasteiger partial charge is 0.393 e. The Balaban J connectivity index is 1.09. The third-order valence-electron chi connectivity index (χ3n) is 7.36. The molecule has 35 heavy (non-hydrogen) atoms. The van der Waals surface area contributed by atoms with E-state index < -0.39 is 12.6 Å². The third-order valence-corrected chi connectivity index (χ3v) is 8.39. The zero-order valence-corrected chi connectivity index (χ0v) is 20.2. The standard InChI is InChI=1S/C25H26F3N5OS/c1-14-30-22(19-8-18(10-25(26,27)28)35-23(19)31-14)33-12-24(13-33)5-4-17(9-24)29-11-15-2-3-16-7-21(34)32-20(16)6-15/h2-3,6,8,17,29H,4-5,7,9-13H2,1H3,(H,32,34). The molecule has 6 nitrogen and oxygen atoms in total. The molecule has 3 aromatic rings. The molecular formula is C25H26F3N5OS. The van der Waals surface area contributed by atoms with E-state index in [1.54, 1.807) is 13.0 Å². The van der Waals surface area contributed by atoms with Gasteiger partial charge in [-0.05, 0) is 49.4 Å². The van der Waals surface area contributed by atoms with Crippen LogP contribution >= 0.6 is 11.3 Å². The molecule has 0 bridgehead atoms. The average molecular weight is 502 g/mol. The van der Waals surface area contributed by atoms with Gasteiger partial charge >= 0.3 is 6.18 Å². The van der Waals surface area contributed by atoms with Crippen molar-refractivity contribution in [2.24, 2.45) is 5.41 Å². The van der Waals surface area contributed by atoms with Crippen LogP contribution in [0, 0.1) is 12.3 Å². The number of amides is 1. The molecule has 184 valence electrons. The summed E-state index contributed by atoms with van der Waals surface area (Å²) in [5.74, 6) is 1.40. The topological polar surface area (TPSA) is 70.2 Å². The van der Waals surface area contributed by atoms with E-state index in [2.05, 4.69) is 37.6 Å². The number of hydrogen-bond acceptors (Lipinski definition) is 6. The highest BCUT2D eigenvalue weighted by atomic mass is 32.1. The van der Waals surface area contributed by atoms with Crippen LogP contribution < -0.4 is 15.5 Å². The summed E-state index contributed by atoms with van der Waals surface area (Å²) in [6.07, 6.45) is -1.41. The molecule has 1 atom stereocenters. The minimum Gasteiger partial charge on any atom is -0.355 e. The van der Waals surface area contributed by atoms with Crippen LogP contribution in [-0.4, -0.2) is 41.2 Å². The number of carbonyl (C=O) groups excluding carboxylic acids is 1. The molecule has 3 aliphatic rings. The van der Waals surface area contributed by atoms with Crippen LogP contribution in [0.5, 0.6) is 0 Å². The highest BCUT2D eigenvalue weighted by Crippen LogP contribution is 2.48. The van der Waals surface area contributed by atoms with Gasteiger partial charge in [0.15, 0.2) is 0 Å². The highest BCUT2D eigenvalue weighted by molar-refractivity contribution is 7.18. The highest BCUT2D eigenvalue weighted by Gasteiger charge is 2.48. The minimum absolute atomic E-state index is 0.0487. The molecule has 1 unspecified atom stereocenters. The molecule has 1 aromatic carbocycles. The Morgan fingerprint density at radius 1 is 1.26 bits per heavy atom. The van der Waals surface area contributed by atoms with Gasteiger partial charge in [-0.15, -0.1) is 11.3 Å². The summed E-state index contributed by atoms with van der Waals surface area (Å²) in [5.41, 5.74) is 3.36. The molecular weight excluding hydrogens is 475 g/mol. The van der Waals surface area contributed by atoms with Gasteiger partial charge in [-0.3, -0.25) is 4.79 Å². The Morgan fingerprint density at radius 3 is 2.89 bits per heavy atom. The molecule has 2 fully saturated rings. The minimum atomic E-state index is -4.23.